The highest BCUT2D eigenvalue weighted by Crippen LogP contribution is 2.43. The lowest BCUT2D eigenvalue weighted by Crippen LogP contribution is -2.35. The fourth-order valence-corrected chi connectivity index (χ4v) is 3.13. The van der Waals surface area contributed by atoms with Crippen molar-refractivity contribution in [3.05, 3.63) is 58.1 Å². The molecule has 2 aliphatic rings. The van der Waals surface area contributed by atoms with Crippen molar-refractivity contribution in [2.45, 2.75) is 5.79 Å². The Bertz CT molecular complexity index is 813. The molecule has 0 unspecified atom stereocenters. The van der Waals surface area contributed by atoms with Crippen molar-refractivity contribution in [3.8, 4) is 0 Å². The number of ether oxygens (including phenoxy) is 2. The molecule has 0 atom stereocenters. The number of amides is 1. The number of nitrogens with zero attached hydrogens (tertiary/aromatic N) is 1. The van der Waals surface area contributed by atoms with E-state index in [9.17, 15) is 4.79 Å². The van der Waals surface area contributed by atoms with Gasteiger partial charge in [0.25, 0.3) is 11.7 Å². The summed E-state index contributed by atoms with van der Waals surface area (Å²) in [5, 5.41) is 2.79. The van der Waals surface area contributed by atoms with Crippen LogP contribution in [0.5, 0.6) is 0 Å². The lowest BCUT2D eigenvalue weighted by Gasteiger charge is -2.19. The molecule has 0 saturated carbocycles. The third-order valence-corrected chi connectivity index (χ3v) is 4.58. The predicted molar refractivity (Wildman–Crippen MR) is 90.0 cm³/mol. The maximum Gasteiger partial charge on any atom is 0.289 e. The van der Waals surface area contributed by atoms with Gasteiger partial charge in [0.2, 0.25) is 0 Å². The molecule has 2 aliphatic heterocycles. The minimum atomic E-state index is -1.31. The van der Waals surface area contributed by atoms with Crippen LogP contribution in [0.3, 0.4) is 0 Å². The maximum atomic E-state index is 12.2. The van der Waals surface area contributed by atoms with Crippen molar-refractivity contribution in [2.24, 2.45) is 4.99 Å². The second kappa shape index (κ2) is 5.56. The standard InChI is InChI=1S/C17H13BrN2O3/c18-14-4-2-1-3-11(14)10-19-12-5-6-15-13(9-12)17(16(21)20-15)22-7-8-23-17/h1-6,9-10H,7-8H2,(H,20,21). The molecule has 6 heteroatoms. The summed E-state index contributed by atoms with van der Waals surface area (Å²) in [6, 6.07) is 13.3. The molecule has 0 aliphatic carbocycles. The molecule has 1 amide bonds. The highest BCUT2D eigenvalue weighted by molar-refractivity contribution is 9.10. The fourth-order valence-electron chi connectivity index (χ4n) is 2.74. The molecule has 2 aromatic carbocycles. The zero-order valence-corrected chi connectivity index (χ0v) is 13.7. The number of hydrogen-bond acceptors (Lipinski definition) is 4. The summed E-state index contributed by atoms with van der Waals surface area (Å²) in [5.41, 5.74) is 3.10. The van der Waals surface area contributed by atoms with Crippen molar-refractivity contribution < 1.29 is 14.3 Å². The number of nitrogens with one attached hydrogen (secondary N) is 1. The average Bonchev–Trinajstić information content (AvgIpc) is 3.15. The van der Waals surface area contributed by atoms with Gasteiger partial charge < -0.3 is 14.8 Å². The van der Waals surface area contributed by atoms with E-state index in [0.717, 1.165) is 15.7 Å². The number of aliphatic imine (C=N–C) groups is 1. The Labute approximate surface area is 141 Å². The van der Waals surface area contributed by atoms with Gasteiger partial charge in [0.1, 0.15) is 0 Å². The molecule has 5 nitrogen and oxygen atoms in total. The molecule has 4 rings (SSSR count). The quantitative estimate of drug-likeness (QED) is 0.822. The number of carbonyl (C=O) groups is 1. The average molecular weight is 373 g/mol. The molecule has 1 fully saturated rings. The molecule has 1 N–H and O–H groups in total. The normalized spacial score (nSPS) is 18.6. The van der Waals surface area contributed by atoms with Crippen LogP contribution in [-0.2, 0) is 20.1 Å². The van der Waals surface area contributed by atoms with E-state index in [2.05, 4.69) is 26.2 Å². The fraction of sp³-hybridized carbons (Fsp3) is 0.176. The van der Waals surface area contributed by atoms with Gasteiger partial charge in [-0.1, -0.05) is 34.1 Å². The summed E-state index contributed by atoms with van der Waals surface area (Å²) < 4.78 is 12.1. The van der Waals surface area contributed by atoms with Crippen molar-refractivity contribution in [3.63, 3.8) is 0 Å². The third-order valence-electron chi connectivity index (χ3n) is 3.86. The first kappa shape index (κ1) is 14.6. The highest BCUT2D eigenvalue weighted by Gasteiger charge is 2.52. The van der Waals surface area contributed by atoms with E-state index in [1.807, 2.05) is 42.5 Å². The van der Waals surface area contributed by atoms with E-state index in [4.69, 9.17) is 9.47 Å². The second-order valence-corrected chi connectivity index (χ2v) is 6.13. The van der Waals surface area contributed by atoms with Gasteiger partial charge in [0.05, 0.1) is 24.6 Å². The summed E-state index contributed by atoms with van der Waals surface area (Å²) in [6.07, 6.45) is 1.78. The van der Waals surface area contributed by atoms with Crippen molar-refractivity contribution >= 4 is 39.4 Å². The number of fused-ring (bicyclic) bond motifs is 2. The Morgan fingerprint density at radius 1 is 1.17 bits per heavy atom. The Hall–Kier alpha value is -2.02. The van der Waals surface area contributed by atoms with Gasteiger partial charge in [-0.05, 0) is 24.3 Å². The van der Waals surface area contributed by atoms with Crippen LogP contribution in [0.1, 0.15) is 11.1 Å². The largest absolute Gasteiger partial charge is 0.336 e. The molecular formula is C17H13BrN2O3. The zero-order chi connectivity index (χ0) is 15.9. The van der Waals surface area contributed by atoms with E-state index in [1.165, 1.54) is 0 Å². The van der Waals surface area contributed by atoms with E-state index < -0.39 is 5.79 Å². The van der Waals surface area contributed by atoms with E-state index in [-0.39, 0.29) is 5.91 Å². The Morgan fingerprint density at radius 3 is 2.74 bits per heavy atom. The van der Waals surface area contributed by atoms with Crippen LogP contribution < -0.4 is 5.32 Å². The Balaban J connectivity index is 1.70. The molecule has 116 valence electrons. The molecule has 1 saturated heterocycles. The van der Waals surface area contributed by atoms with Gasteiger partial charge in [-0.2, -0.15) is 0 Å². The molecule has 2 heterocycles. The SMILES string of the molecule is O=C1Nc2ccc(N=Cc3ccccc3Br)cc2C12OCCO2. The summed E-state index contributed by atoms with van der Waals surface area (Å²) >= 11 is 3.49. The molecule has 0 bridgehead atoms. The van der Waals surface area contributed by atoms with Crippen LogP contribution in [0.25, 0.3) is 0 Å². The highest BCUT2D eigenvalue weighted by atomic mass is 79.9. The first-order valence-corrected chi connectivity index (χ1v) is 8.01. The van der Waals surface area contributed by atoms with Gasteiger partial charge >= 0.3 is 0 Å². The first-order valence-electron chi connectivity index (χ1n) is 7.21. The summed E-state index contributed by atoms with van der Waals surface area (Å²) in [5.74, 6) is -1.59. The topological polar surface area (TPSA) is 59.9 Å². The van der Waals surface area contributed by atoms with Gasteiger partial charge in [-0.25, -0.2) is 0 Å². The Kier molecular flexibility index (Phi) is 3.52. The predicted octanol–water partition coefficient (Wildman–Crippen LogP) is 3.35. The number of benzene rings is 2. The third kappa shape index (κ3) is 2.39. The molecular weight excluding hydrogens is 360 g/mol. The van der Waals surface area contributed by atoms with Crippen molar-refractivity contribution in [1.29, 1.82) is 0 Å². The van der Waals surface area contributed by atoms with E-state index >= 15 is 0 Å². The second-order valence-electron chi connectivity index (χ2n) is 5.28. The lowest BCUT2D eigenvalue weighted by atomic mass is 10.1. The number of hydrogen-bond donors (Lipinski definition) is 1. The summed E-state index contributed by atoms with van der Waals surface area (Å²) in [7, 11) is 0. The van der Waals surface area contributed by atoms with Gasteiger partial charge in [0.15, 0.2) is 0 Å². The van der Waals surface area contributed by atoms with Crippen LogP contribution in [0.15, 0.2) is 51.9 Å². The van der Waals surface area contributed by atoms with Gasteiger partial charge in [-0.15, -0.1) is 0 Å². The molecule has 23 heavy (non-hydrogen) atoms. The van der Waals surface area contributed by atoms with Crippen LogP contribution in [0.2, 0.25) is 0 Å². The lowest BCUT2D eigenvalue weighted by molar-refractivity contribution is -0.178. The minimum Gasteiger partial charge on any atom is -0.336 e. The van der Waals surface area contributed by atoms with E-state index in [1.54, 1.807) is 6.21 Å². The van der Waals surface area contributed by atoms with Gasteiger partial charge in [0, 0.05) is 21.8 Å². The maximum absolute atomic E-state index is 12.2. The number of halogens is 1. The Morgan fingerprint density at radius 2 is 1.96 bits per heavy atom. The van der Waals surface area contributed by atoms with E-state index in [0.29, 0.717) is 24.5 Å². The first-order chi connectivity index (χ1) is 11.2. The number of anilines is 1. The number of rotatable bonds is 2. The molecule has 0 radical (unpaired) electrons. The minimum absolute atomic E-state index is 0.281. The summed E-state index contributed by atoms with van der Waals surface area (Å²) in [4.78, 5) is 16.7. The van der Waals surface area contributed by atoms with Crippen LogP contribution in [0.4, 0.5) is 11.4 Å². The van der Waals surface area contributed by atoms with Gasteiger partial charge in [-0.3, -0.25) is 9.79 Å². The molecule has 1 spiro atoms. The molecule has 2 aromatic rings. The van der Waals surface area contributed by atoms with Crippen LogP contribution in [-0.4, -0.2) is 25.3 Å². The summed E-state index contributed by atoms with van der Waals surface area (Å²) in [6.45, 7) is 0.800. The monoisotopic (exact) mass is 372 g/mol. The van der Waals surface area contributed by atoms with Crippen molar-refractivity contribution in [2.75, 3.05) is 18.5 Å². The molecule has 0 aromatic heterocycles. The van der Waals surface area contributed by atoms with Crippen LogP contribution >= 0.6 is 15.9 Å². The van der Waals surface area contributed by atoms with Crippen LogP contribution in [0, 0.1) is 0 Å². The number of carbonyl (C=O) groups excluding carboxylic acids is 1. The zero-order valence-electron chi connectivity index (χ0n) is 12.1. The smallest absolute Gasteiger partial charge is 0.289 e. The van der Waals surface area contributed by atoms with Crippen molar-refractivity contribution in [1.82, 2.24) is 0 Å².